The topological polar surface area (TPSA) is 45.7 Å². The molecule has 0 aliphatic carbocycles. The van der Waals surface area contributed by atoms with Gasteiger partial charge in [0, 0.05) is 17.6 Å². The Hall–Kier alpha value is -2.20. The Kier molecular flexibility index (Phi) is 3.74. The molecule has 2 aromatic rings. The van der Waals surface area contributed by atoms with Crippen LogP contribution >= 0.6 is 11.6 Å². The van der Waals surface area contributed by atoms with Crippen molar-refractivity contribution in [2.24, 2.45) is 4.99 Å². The average molecular weight is 288 g/mol. The number of nitrogens with zero attached hydrogens (tertiary/aromatic N) is 1. The molecule has 0 amide bonds. The van der Waals surface area contributed by atoms with Crippen molar-refractivity contribution in [3.63, 3.8) is 0 Å². The summed E-state index contributed by atoms with van der Waals surface area (Å²) in [6, 6.07) is 15.1. The second-order valence-electron chi connectivity index (χ2n) is 4.34. The fourth-order valence-corrected chi connectivity index (χ4v) is 2.07. The minimum atomic E-state index is 0.628. The van der Waals surface area contributed by atoms with Crippen LogP contribution in [0.4, 0.5) is 5.69 Å². The zero-order valence-corrected chi connectivity index (χ0v) is 11.5. The standard InChI is InChI=1S/C15H14ClN3O/c16-11-6-7-13(19-15-17-8-9-18-15)14(10-11)20-12-4-2-1-3-5-12/h1-7,10H,8-9H2,(H2,17,18,19). The third-order valence-corrected chi connectivity index (χ3v) is 3.08. The Labute approximate surface area is 122 Å². The van der Waals surface area contributed by atoms with Gasteiger partial charge in [-0.1, -0.05) is 29.8 Å². The first-order valence-electron chi connectivity index (χ1n) is 6.39. The molecule has 102 valence electrons. The van der Waals surface area contributed by atoms with Gasteiger partial charge in [0.2, 0.25) is 0 Å². The third-order valence-electron chi connectivity index (χ3n) is 2.84. The van der Waals surface area contributed by atoms with Gasteiger partial charge < -0.3 is 15.4 Å². The molecule has 0 atom stereocenters. The van der Waals surface area contributed by atoms with Crippen molar-refractivity contribution in [1.82, 2.24) is 5.32 Å². The second kappa shape index (κ2) is 5.84. The smallest absolute Gasteiger partial charge is 0.196 e. The predicted molar refractivity (Wildman–Crippen MR) is 81.9 cm³/mol. The van der Waals surface area contributed by atoms with Crippen LogP contribution in [0.3, 0.4) is 0 Å². The van der Waals surface area contributed by atoms with Crippen molar-refractivity contribution < 1.29 is 4.74 Å². The molecule has 0 aromatic heterocycles. The molecule has 2 N–H and O–H groups in total. The monoisotopic (exact) mass is 287 g/mol. The highest BCUT2D eigenvalue weighted by molar-refractivity contribution is 6.30. The lowest BCUT2D eigenvalue weighted by Gasteiger charge is -2.13. The van der Waals surface area contributed by atoms with Crippen LogP contribution in [0.2, 0.25) is 5.02 Å². The quantitative estimate of drug-likeness (QED) is 0.908. The number of ether oxygens (including phenoxy) is 1. The molecule has 0 radical (unpaired) electrons. The predicted octanol–water partition coefficient (Wildman–Crippen LogP) is 3.50. The summed E-state index contributed by atoms with van der Waals surface area (Å²) < 4.78 is 5.87. The lowest BCUT2D eigenvalue weighted by atomic mass is 10.3. The Morgan fingerprint density at radius 2 is 2.00 bits per heavy atom. The van der Waals surface area contributed by atoms with Crippen molar-refractivity contribution >= 4 is 23.2 Å². The molecule has 4 nitrogen and oxygen atoms in total. The molecular weight excluding hydrogens is 274 g/mol. The highest BCUT2D eigenvalue weighted by Gasteiger charge is 2.10. The van der Waals surface area contributed by atoms with E-state index in [1.165, 1.54) is 0 Å². The first-order valence-corrected chi connectivity index (χ1v) is 6.77. The van der Waals surface area contributed by atoms with Gasteiger partial charge in [-0.25, -0.2) is 0 Å². The van der Waals surface area contributed by atoms with Crippen LogP contribution in [-0.2, 0) is 0 Å². The summed E-state index contributed by atoms with van der Waals surface area (Å²) in [5.41, 5.74) is 0.825. The Bertz CT molecular complexity index is 628. The van der Waals surface area contributed by atoms with E-state index in [1.54, 1.807) is 6.07 Å². The molecule has 0 saturated heterocycles. The maximum absolute atomic E-state index is 6.05. The van der Waals surface area contributed by atoms with E-state index in [2.05, 4.69) is 15.6 Å². The van der Waals surface area contributed by atoms with Gasteiger partial charge in [-0.3, -0.25) is 4.99 Å². The molecule has 20 heavy (non-hydrogen) atoms. The maximum Gasteiger partial charge on any atom is 0.196 e. The van der Waals surface area contributed by atoms with Gasteiger partial charge in [-0.15, -0.1) is 0 Å². The van der Waals surface area contributed by atoms with Crippen LogP contribution in [0.25, 0.3) is 0 Å². The molecule has 0 spiro atoms. The van der Waals surface area contributed by atoms with Crippen LogP contribution in [0, 0.1) is 0 Å². The SMILES string of the molecule is Clc1ccc(NC2=NCCN2)c(Oc2ccccc2)c1. The van der Waals surface area contributed by atoms with Gasteiger partial charge in [0.25, 0.3) is 0 Å². The van der Waals surface area contributed by atoms with E-state index in [9.17, 15) is 0 Å². The number of halogens is 1. The van der Waals surface area contributed by atoms with Gasteiger partial charge >= 0.3 is 0 Å². The highest BCUT2D eigenvalue weighted by atomic mass is 35.5. The first-order chi connectivity index (χ1) is 9.81. The van der Waals surface area contributed by atoms with Gasteiger partial charge in [-0.2, -0.15) is 0 Å². The van der Waals surface area contributed by atoms with E-state index in [4.69, 9.17) is 16.3 Å². The van der Waals surface area contributed by atoms with Crippen LogP contribution in [0.15, 0.2) is 53.5 Å². The van der Waals surface area contributed by atoms with Crippen molar-refractivity contribution in [3.8, 4) is 11.5 Å². The minimum absolute atomic E-state index is 0.628. The van der Waals surface area contributed by atoms with Crippen molar-refractivity contribution in [3.05, 3.63) is 53.6 Å². The summed E-state index contributed by atoms with van der Waals surface area (Å²) in [5, 5.41) is 7.00. The normalized spacial score (nSPS) is 13.6. The molecule has 5 heteroatoms. The van der Waals surface area contributed by atoms with E-state index in [-0.39, 0.29) is 0 Å². The fraction of sp³-hybridized carbons (Fsp3) is 0.133. The molecule has 1 aliphatic heterocycles. The number of hydrogen-bond acceptors (Lipinski definition) is 4. The molecule has 2 aromatic carbocycles. The Morgan fingerprint density at radius 3 is 2.75 bits per heavy atom. The average Bonchev–Trinajstić information content (AvgIpc) is 2.96. The molecule has 0 fully saturated rings. The molecule has 0 saturated carbocycles. The van der Waals surface area contributed by atoms with Crippen molar-refractivity contribution in [2.75, 3.05) is 18.4 Å². The Morgan fingerprint density at radius 1 is 1.15 bits per heavy atom. The first kappa shape index (κ1) is 12.8. The number of guanidine groups is 1. The number of hydrogen-bond donors (Lipinski definition) is 2. The van der Waals surface area contributed by atoms with Crippen LogP contribution in [0.5, 0.6) is 11.5 Å². The van der Waals surface area contributed by atoms with Crippen LogP contribution < -0.4 is 15.4 Å². The summed E-state index contributed by atoms with van der Waals surface area (Å²) in [4.78, 5) is 4.31. The van der Waals surface area contributed by atoms with Crippen LogP contribution in [0.1, 0.15) is 0 Å². The zero-order chi connectivity index (χ0) is 13.8. The number of para-hydroxylation sites is 1. The lowest BCUT2D eigenvalue weighted by molar-refractivity contribution is 0.485. The number of benzene rings is 2. The molecule has 0 bridgehead atoms. The van der Waals surface area contributed by atoms with Gasteiger partial charge in [0.05, 0.1) is 12.2 Å². The molecule has 0 unspecified atom stereocenters. The lowest BCUT2D eigenvalue weighted by Crippen LogP contribution is -2.26. The largest absolute Gasteiger partial charge is 0.455 e. The molecule has 3 rings (SSSR count). The van der Waals surface area contributed by atoms with Gasteiger partial charge in [-0.05, 0) is 24.3 Å². The van der Waals surface area contributed by atoms with Gasteiger partial charge in [0.15, 0.2) is 11.7 Å². The summed E-state index contributed by atoms with van der Waals surface area (Å²) in [6.45, 7) is 1.63. The van der Waals surface area contributed by atoms with E-state index in [0.717, 1.165) is 30.5 Å². The van der Waals surface area contributed by atoms with Crippen molar-refractivity contribution in [2.45, 2.75) is 0 Å². The summed E-state index contributed by atoms with van der Waals surface area (Å²) in [6.07, 6.45) is 0. The van der Waals surface area contributed by atoms with Crippen LogP contribution in [-0.4, -0.2) is 19.0 Å². The number of nitrogens with one attached hydrogen (secondary N) is 2. The Balaban J connectivity index is 1.86. The number of rotatable bonds is 3. The highest BCUT2D eigenvalue weighted by Crippen LogP contribution is 2.32. The van der Waals surface area contributed by atoms with E-state index in [0.29, 0.717) is 10.8 Å². The fourth-order valence-electron chi connectivity index (χ4n) is 1.91. The minimum Gasteiger partial charge on any atom is -0.455 e. The molecule has 1 heterocycles. The van der Waals surface area contributed by atoms with Crippen molar-refractivity contribution in [1.29, 1.82) is 0 Å². The van der Waals surface area contributed by atoms with E-state index < -0.39 is 0 Å². The number of anilines is 1. The molecule has 1 aliphatic rings. The summed E-state index contributed by atoms with van der Waals surface area (Å²) >= 11 is 6.05. The maximum atomic E-state index is 6.05. The second-order valence-corrected chi connectivity index (χ2v) is 4.77. The van der Waals surface area contributed by atoms with E-state index in [1.807, 2.05) is 42.5 Å². The zero-order valence-electron chi connectivity index (χ0n) is 10.8. The number of aliphatic imine (C=N–C) groups is 1. The summed E-state index contributed by atoms with van der Waals surface area (Å²) in [7, 11) is 0. The van der Waals surface area contributed by atoms with E-state index >= 15 is 0 Å². The summed E-state index contributed by atoms with van der Waals surface area (Å²) in [5.74, 6) is 2.18. The van der Waals surface area contributed by atoms with Gasteiger partial charge in [0.1, 0.15) is 5.75 Å². The molecular formula is C15H14ClN3O. The third kappa shape index (κ3) is 3.03.